The first kappa shape index (κ1) is 18.4. The Morgan fingerprint density at radius 2 is 2.00 bits per heavy atom. The molecule has 6 nitrogen and oxygen atoms in total. The third kappa shape index (κ3) is 4.21. The van der Waals surface area contributed by atoms with E-state index in [0.717, 1.165) is 0 Å². The average Bonchev–Trinajstić information content (AvgIpc) is 3.10. The van der Waals surface area contributed by atoms with Gasteiger partial charge in [0, 0.05) is 30.3 Å². The summed E-state index contributed by atoms with van der Waals surface area (Å²) in [5.74, 6) is -2.33. The van der Waals surface area contributed by atoms with E-state index in [9.17, 15) is 13.6 Å². The fraction of sp³-hybridized carbons (Fsp3) is 0.353. The van der Waals surface area contributed by atoms with Crippen LogP contribution in [0.25, 0.3) is 0 Å². The van der Waals surface area contributed by atoms with Crippen molar-refractivity contribution in [2.75, 3.05) is 20.2 Å². The topological polar surface area (TPSA) is 64.6 Å². The average molecular weight is 381 g/mol. The number of thioether (sulfide) groups is 1. The second-order valence-corrected chi connectivity index (χ2v) is 6.56. The van der Waals surface area contributed by atoms with Crippen LogP contribution in [-0.4, -0.2) is 52.8 Å². The summed E-state index contributed by atoms with van der Waals surface area (Å²) in [5.41, 5.74) is 0.274. The number of carbonyl (C=O) groups is 1. The molecule has 0 radical (unpaired) electrons. The fourth-order valence-corrected chi connectivity index (χ4v) is 3.34. The monoisotopic (exact) mass is 381 g/mol. The van der Waals surface area contributed by atoms with Crippen molar-refractivity contribution in [1.29, 1.82) is 0 Å². The third-order valence-electron chi connectivity index (χ3n) is 3.87. The molecule has 0 aliphatic carbocycles. The van der Waals surface area contributed by atoms with Gasteiger partial charge in [0.05, 0.1) is 19.2 Å². The van der Waals surface area contributed by atoms with Gasteiger partial charge in [-0.2, -0.15) is 8.78 Å². The molecule has 2 aromatic rings. The van der Waals surface area contributed by atoms with Crippen LogP contribution >= 0.6 is 11.8 Å². The van der Waals surface area contributed by atoms with Gasteiger partial charge < -0.3 is 14.4 Å². The van der Waals surface area contributed by atoms with Crippen molar-refractivity contribution in [3.8, 4) is 11.8 Å². The zero-order valence-corrected chi connectivity index (χ0v) is 14.8. The lowest BCUT2D eigenvalue weighted by Crippen LogP contribution is -2.31. The van der Waals surface area contributed by atoms with E-state index in [-0.39, 0.29) is 34.2 Å². The lowest BCUT2D eigenvalue weighted by Gasteiger charge is -2.18. The first-order chi connectivity index (χ1) is 12.6. The summed E-state index contributed by atoms with van der Waals surface area (Å²) in [5, 5.41) is 0. The van der Waals surface area contributed by atoms with Gasteiger partial charge in [0.1, 0.15) is 6.10 Å². The van der Waals surface area contributed by atoms with Crippen molar-refractivity contribution >= 4 is 17.7 Å². The number of likely N-dealkylation sites (tertiary alicyclic amines) is 1. The molecule has 1 atom stereocenters. The van der Waals surface area contributed by atoms with Gasteiger partial charge in [-0.1, -0.05) is 23.9 Å². The minimum Gasteiger partial charge on any atom is -0.477 e. The van der Waals surface area contributed by atoms with E-state index in [4.69, 9.17) is 9.47 Å². The van der Waals surface area contributed by atoms with Crippen LogP contribution in [0.5, 0.6) is 11.8 Å². The van der Waals surface area contributed by atoms with Gasteiger partial charge in [0.2, 0.25) is 0 Å². The molecule has 0 saturated carbocycles. The van der Waals surface area contributed by atoms with Crippen molar-refractivity contribution in [2.45, 2.75) is 23.2 Å². The number of hydrogen-bond acceptors (Lipinski definition) is 6. The minimum absolute atomic E-state index is 0.264. The first-order valence-corrected chi connectivity index (χ1v) is 8.81. The minimum atomic E-state index is -2.58. The molecule has 3 rings (SSSR count). The molecule has 1 unspecified atom stereocenters. The van der Waals surface area contributed by atoms with Crippen LogP contribution in [0.4, 0.5) is 8.78 Å². The Labute approximate surface area is 153 Å². The van der Waals surface area contributed by atoms with Crippen LogP contribution in [0.2, 0.25) is 0 Å². The fourth-order valence-electron chi connectivity index (χ4n) is 2.71. The van der Waals surface area contributed by atoms with E-state index < -0.39 is 5.76 Å². The molecule has 1 saturated heterocycles. The number of carbonyl (C=O) groups excluding carboxylic acids is 1. The van der Waals surface area contributed by atoms with Gasteiger partial charge in [-0.05, 0) is 12.1 Å². The summed E-state index contributed by atoms with van der Waals surface area (Å²) in [4.78, 5) is 22.7. The van der Waals surface area contributed by atoms with E-state index in [0.29, 0.717) is 31.3 Å². The second-order valence-electron chi connectivity index (χ2n) is 5.53. The van der Waals surface area contributed by atoms with Gasteiger partial charge in [0.15, 0.2) is 0 Å². The molecule has 1 fully saturated rings. The highest BCUT2D eigenvalue weighted by Crippen LogP contribution is 2.30. The van der Waals surface area contributed by atoms with Crippen molar-refractivity contribution in [1.82, 2.24) is 14.9 Å². The number of alkyl halides is 2. The highest BCUT2D eigenvalue weighted by molar-refractivity contribution is 7.99. The molecular formula is C17H17F2N3O3S. The van der Waals surface area contributed by atoms with E-state index in [1.54, 1.807) is 23.1 Å². The Bertz CT molecular complexity index is 778. The summed E-state index contributed by atoms with van der Waals surface area (Å²) in [7, 11) is 1.47. The van der Waals surface area contributed by atoms with Crippen molar-refractivity contribution in [2.24, 2.45) is 0 Å². The van der Waals surface area contributed by atoms with E-state index in [1.165, 1.54) is 25.6 Å². The van der Waals surface area contributed by atoms with E-state index in [2.05, 4.69) is 9.97 Å². The number of nitrogens with zero attached hydrogens (tertiary/aromatic N) is 3. The summed E-state index contributed by atoms with van der Waals surface area (Å²) in [6, 6.07) is 6.39. The van der Waals surface area contributed by atoms with Gasteiger partial charge in [0.25, 0.3) is 23.4 Å². The summed E-state index contributed by atoms with van der Waals surface area (Å²) >= 11 is 0.374. The Morgan fingerprint density at radius 3 is 2.73 bits per heavy atom. The number of rotatable bonds is 6. The lowest BCUT2D eigenvalue weighted by atomic mass is 10.2. The van der Waals surface area contributed by atoms with Crippen molar-refractivity contribution in [3.05, 3.63) is 42.2 Å². The molecule has 1 aliphatic heterocycles. The Balaban J connectivity index is 1.68. The number of ether oxygens (including phenoxy) is 2. The SMILES string of the molecule is COc1nccnc1OC1CCN(C(=O)c2ccccc2SC(F)F)C1. The van der Waals surface area contributed by atoms with Gasteiger partial charge in [-0.25, -0.2) is 9.97 Å². The molecule has 1 amide bonds. The number of hydrogen-bond donors (Lipinski definition) is 0. The van der Waals surface area contributed by atoms with Crippen molar-refractivity contribution < 1.29 is 23.0 Å². The number of halogens is 2. The number of methoxy groups -OCH3 is 1. The Hall–Kier alpha value is -2.42. The highest BCUT2D eigenvalue weighted by atomic mass is 32.2. The van der Waals surface area contributed by atoms with Gasteiger partial charge in [-0.3, -0.25) is 4.79 Å². The van der Waals surface area contributed by atoms with E-state index in [1.807, 2.05) is 0 Å². The Morgan fingerprint density at radius 1 is 1.27 bits per heavy atom. The molecular weight excluding hydrogens is 364 g/mol. The van der Waals surface area contributed by atoms with Gasteiger partial charge >= 0.3 is 0 Å². The smallest absolute Gasteiger partial charge is 0.288 e. The molecule has 0 spiro atoms. The molecule has 0 N–H and O–H groups in total. The zero-order chi connectivity index (χ0) is 18.5. The van der Waals surface area contributed by atoms with Crippen LogP contribution in [0.3, 0.4) is 0 Å². The third-order valence-corrected chi connectivity index (χ3v) is 4.66. The summed E-state index contributed by atoms with van der Waals surface area (Å²) in [6.45, 7) is 0.812. The van der Waals surface area contributed by atoms with E-state index >= 15 is 0 Å². The molecule has 1 aromatic carbocycles. The lowest BCUT2D eigenvalue weighted by molar-refractivity contribution is 0.0767. The predicted octanol–water partition coefficient (Wildman–Crippen LogP) is 3.09. The molecule has 0 bridgehead atoms. The second kappa shape index (κ2) is 8.31. The largest absolute Gasteiger partial charge is 0.477 e. The van der Waals surface area contributed by atoms with Crippen LogP contribution in [0.15, 0.2) is 41.6 Å². The van der Waals surface area contributed by atoms with Crippen LogP contribution in [0.1, 0.15) is 16.8 Å². The standard InChI is InChI=1S/C17H17F2N3O3S/c1-24-14-15(21-8-7-20-14)25-11-6-9-22(10-11)16(23)12-4-2-3-5-13(12)26-17(18)19/h2-5,7-8,11,17H,6,9-10H2,1H3. The van der Waals surface area contributed by atoms with Crippen LogP contribution in [-0.2, 0) is 0 Å². The Kier molecular flexibility index (Phi) is 5.87. The molecule has 1 aromatic heterocycles. The van der Waals surface area contributed by atoms with Crippen LogP contribution < -0.4 is 9.47 Å². The van der Waals surface area contributed by atoms with Crippen LogP contribution in [0, 0.1) is 0 Å². The normalized spacial score (nSPS) is 16.8. The molecule has 1 aliphatic rings. The highest BCUT2D eigenvalue weighted by Gasteiger charge is 2.30. The maximum Gasteiger partial charge on any atom is 0.288 e. The maximum atomic E-state index is 12.7. The predicted molar refractivity (Wildman–Crippen MR) is 91.8 cm³/mol. The number of benzene rings is 1. The molecule has 138 valence electrons. The number of amides is 1. The maximum absolute atomic E-state index is 12.7. The molecule has 26 heavy (non-hydrogen) atoms. The molecule has 2 heterocycles. The summed E-state index contributed by atoms with van der Waals surface area (Å²) in [6.07, 6.45) is 3.33. The molecule has 9 heteroatoms. The van der Waals surface area contributed by atoms with Crippen molar-refractivity contribution in [3.63, 3.8) is 0 Å². The zero-order valence-electron chi connectivity index (χ0n) is 14.0. The first-order valence-electron chi connectivity index (χ1n) is 7.93. The number of aromatic nitrogens is 2. The summed E-state index contributed by atoms with van der Waals surface area (Å²) < 4.78 is 36.3. The quantitative estimate of drug-likeness (QED) is 0.717. The van der Waals surface area contributed by atoms with Gasteiger partial charge in [-0.15, -0.1) is 0 Å².